The van der Waals surface area contributed by atoms with Crippen molar-refractivity contribution in [3.05, 3.63) is 17.7 Å². The Bertz CT molecular complexity index is 536. The summed E-state index contributed by atoms with van der Waals surface area (Å²) in [6, 6.07) is 1.22. The van der Waals surface area contributed by atoms with E-state index < -0.39 is 18.6 Å². The number of nitrogens with zero attached hydrogens (tertiary/aromatic N) is 1. The lowest BCUT2D eigenvalue weighted by molar-refractivity contribution is -0.119. The first-order chi connectivity index (χ1) is 10.9. The van der Waals surface area contributed by atoms with Gasteiger partial charge in [0, 0.05) is 38.3 Å². The van der Waals surface area contributed by atoms with Crippen molar-refractivity contribution in [2.45, 2.75) is 12.0 Å². The minimum atomic E-state index is -3.43. The van der Waals surface area contributed by atoms with Crippen molar-refractivity contribution in [2.24, 2.45) is 0 Å². The molecule has 1 fully saturated rings. The Morgan fingerprint density at radius 3 is 2.43 bits per heavy atom. The normalized spacial score (nSPS) is 17.8. The molecule has 0 amide bonds. The number of aliphatic hydroxyl groups excluding tert-OH is 1. The average molecular weight is 332 g/mol. The molecule has 23 heavy (non-hydrogen) atoms. The van der Waals surface area contributed by atoms with E-state index in [-0.39, 0.29) is 17.1 Å². The summed E-state index contributed by atoms with van der Waals surface area (Å²) in [6.07, 6.45) is 0. The number of halogens is 2. The third kappa shape index (κ3) is 3.65. The second-order valence-electron chi connectivity index (χ2n) is 5.37. The van der Waals surface area contributed by atoms with Gasteiger partial charge < -0.3 is 25.0 Å². The van der Waals surface area contributed by atoms with Gasteiger partial charge in [0.2, 0.25) is 0 Å². The number of rotatable bonds is 6. The molecule has 3 N–H and O–H groups in total. The number of benzene rings is 1. The van der Waals surface area contributed by atoms with E-state index in [1.165, 1.54) is 31.3 Å². The predicted molar refractivity (Wildman–Crippen MR) is 80.4 cm³/mol. The highest BCUT2D eigenvalue weighted by atomic mass is 19.3. The fourth-order valence-corrected chi connectivity index (χ4v) is 2.84. The number of aromatic hydroxyl groups is 1. The smallest absolute Gasteiger partial charge is 0.290 e. The summed E-state index contributed by atoms with van der Waals surface area (Å²) >= 11 is 0. The minimum Gasteiger partial charge on any atom is -0.507 e. The van der Waals surface area contributed by atoms with Crippen LogP contribution in [0.4, 0.5) is 8.78 Å². The van der Waals surface area contributed by atoms with Crippen LogP contribution < -0.4 is 14.8 Å². The monoisotopic (exact) mass is 332 g/mol. The van der Waals surface area contributed by atoms with Crippen LogP contribution >= 0.6 is 0 Å². The minimum absolute atomic E-state index is 0.0470. The zero-order valence-electron chi connectivity index (χ0n) is 13.2. The van der Waals surface area contributed by atoms with E-state index in [0.29, 0.717) is 31.9 Å². The largest absolute Gasteiger partial charge is 0.507 e. The van der Waals surface area contributed by atoms with E-state index in [2.05, 4.69) is 5.32 Å². The van der Waals surface area contributed by atoms with Gasteiger partial charge in [0.15, 0.2) is 0 Å². The summed E-state index contributed by atoms with van der Waals surface area (Å²) in [5, 5.41) is 22.5. The molecule has 0 spiro atoms. The highest BCUT2D eigenvalue weighted by Gasteiger charge is 2.46. The molecule has 0 unspecified atom stereocenters. The Hall–Kier alpha value is -1.64. The predicted octanol–water partition coefficient (Wildman–Crippen LogP) is 0.983. The van der Waals surface area contributed by atoms with E-state index in [4.69, 9.17) is 9.47 Å². The van der Waals surface area contributed by atoms with Gasteiger partial charge in [-0.25, -0.2) is 8.78 Å². The van der Waals surface area contributed by atoms with Crippen molar-refractivity contribution in [3.63, 3.8) is 0 Å². The van der Waals surface area contributed by atoms with Gasteiger partial charge in [0.05, 0.1) is 19.8 Å². The number of phenols is 1. The van der Waals surface area contributed by atoms with Crippen molar-refractivity contribution in [1.29, 1.82) is 0 Å². The molecule has 1 aliphatic rings. The van der Waals surface area contributed by atoms with Gasteiger partial charge in [0.25, 0.3) is 5.92 Å². The standard InChI is InChI=1S/C15H22F2N2O4/c1-22-10-7-11(21)13(12(8-10)23-2)14(15(16,17)9-20)19-5-3-18-4-6-19/h7-8,14,18,20-21H,3-6,9H2,1-2H3/t14-/m1/s1. The first-order valence-corrected chi connectivity index (χ1v) is 7.33. The quantitative estimate of drug-likeness (QED) is 0.721. The van der Waals surface area contributed by atoms with Crippen LogP contribution in [0.5, 0.6) is 17.2 Å². The molecular weight excluding hydrogens is 310 g/mol. The second kappa shape index (κ2) is 7.29. The van der Waals surface area contributed by atoms with Crippen molar-refractivity contribution in [1.82, 2.24) is 10.2 Å². The number of hydrogen-bond donors (Lipinski definition) is 3. The molecule has 0 aromatic heterocycles. The van der Waals surface area contributed by atoms with Gasteiger partial charge >= 0.3 is 0 Å². The van der Waals surface area contributed by atoms with Crippen LogP contribution in [0.3, 0.4) is 0 Å². The zero-order valence-corrected chi connectivity index (χ0v) is 13.2. The molecule has 130 valence electrons. The molecule has 0 bridgehead atoms. The van der Waals surface area contributed by atoms with Gasteiger partial charge in [-0.1, -0.05) is 0 Å². The number of aliphatic hydroxyl groups is 1. The molecule has 0 aliphatic carbocycles. The van der Waals surface area contributed by atoms with Gasteiger partial charge in [-0.15, -0.1) is 0 Å². The Labute approximate surface area is 133 Å². The lowest BCUT2D eigenvalue weighted by Gasteiger charge is -2.39. The van der Waals surface area contributed by atoms with Crippen LogP contribution in [0.1, 0.15) is 11.6 Å². The lowest BCUT2D eigenvalue weighted by Crippen LogP contribution is -2.51. The maximum Gasteiger partial charge on any atom is 0.290 e. The molecule has 1 atom stereocenters. The van der Waals surface area contributed by atoms with Crippen molar-refractivity contribution in [2.75, 3.05) is 47.0 Å². The third-order valence-corrected chi connectivity index (χ3v) is 3.95. The van der Waals surface area contributed by atoms with Crippen LogP contribution in [0.15, 0.2) is 12.1 Å². The molecule has 1 aromatic carbocycles. The summed E-state index contributed by atoms with van der Waals surface area (Å²) in [6.45, 7) is 0.522. The maximum absolute atomic E-state index is 14.5. The lowest BCUT2D eigenvalue weighted by atomic mass is 9.96. The number of ether oxygens (including phenoxy) is 2. The number of hydrogen-bond acceptors (Lipinski definition) is 6. The molecule has 0 saturated carbocycles. The molecule has 1 aliphatic heterocycles. The van der Waals surface area contributed by atoms with Crippen LogP contribution in [-0.2, 0) is 0 Å². The number of phenolic OH excluding ortho intramolecular Hbond substituents is 1. The fraction of sp³-hybridized carbons (Fsp3) is 0.600. The van der Waals surface area contributed by atoms with Crippen LogP contribution in [-0.4, -0.2) is 68.0 Å². The molecule has 1 aromatic rings. The third-order valence-electron chi connectivity index (χ3n) is 3.95. The number of piperazine rings is 1. The van der Waals surface area contributed by atoms with Gasteiger partial charge in [0.1, 0.15) is 29.9 Å². The Morgan fingerprint density at radius 2 is 1.91 bits per heavy atom. The summed E-state index contributed by atoms with van der Waals surface area (Å²) in [5.41, 5.74) is -0.0470. The van der Waals surface area contributed by atoms with E-state index in [0.717, 1.165) is 0 Å². The Balaban J connectivity index is 2.54. The van der Waals surface area contributed by atoms with E-state index in [9.17, 15) is 19.0 Å². The maximum atomic E-state index is 14.5. The Morgan fingerprint density at radius 1 is 1.26 bits per heavy atom. The highest BCUT2D eigenvalue weighted by Crippen LogP contribution is 2.46. The Kier molecular flexibility index (Phi) is 5.61. The average Bonchev–Trinajstić information content (AvgIpc) is 2.57. The van der Waals surface area contributed by atoms with Crippen molar-refractivity contribution in [3.8, 4) is 17.2 Å². The van der Waals surface area contributed by atoms with Gasteiger partial charge in [-0.2, -0.15) is 0 Å². The molecule has 2 rings (SSSR count). The van der Waals surface area contributed by atoms with Crippen molar-refractivity contribution < 1.29 is 28.5 Å². The topological polar surface area (TPSA) is 74.2 Å². The first kappa shape index (κ1) is 17.7. The molecule has 1 saturated heterocycles. The van der Waals surface area contributed by atoms with E-state index >= 15 is 0 Å². The van der Waals surface area contributed by atoms with Crippen LogP contribution in [0, 0.1) is 0 Å². The first-order valence-electron chi connectivity index (χ1n) is 7.33. The number of methoxy groups -OCH3 is 2. The summed E-state index contributed by atoms with van der Waals surface area (Å²) in [7, 11) is 2.74. The zero-order chi connectivity index (χ0) is 17.0. The highest BCUT2D eigenvalue weighted by molar-refractivity contribution is 5.52. The fourth-order valence-electron chi connectivity index (χ4n) is 2.84. The molecule has 0 radical (unpaired) electrons. The van der Waals surface area contributed by atoms with E-state index in [1.807, 2.05) is 0 Å². The summed E-state index contributed by atoms with van der Waals surface area (Å²) in [4.78, 5) is 1.54. The molecular formula is C15H22F2N2O4. The van der Waals surface area contributed by atoms with Crippen LogP contribution in [0.2, 0.25) is 0 Å². The number of alkyl halides is 2. The SMILES string of the molecule is COc1cc(O)c([C@@H](N2CCNCC2)C(F)(F)CO)c(OC)c1. The van der Waals surface area contributed by atoms with Crippen LogP contribution in [0.25, 0.3) is 0 Å². The van der Waals surface area contributed by atoms with Crippen molar-refractivity contribution >= 4 is 0 Å². The molecule has 6 nitrogen and oxygen atoms in total. The van der Waals surface area contributed by atoms with Gasteiger partial charge in [-0.05, 0) is 0 Å². The molecule has 1 heterocycles. The number of nitrogens with one attached hydrogen (secondary N) is 1. The summed E-state index contributed by atoms with van der Waals surface area (Å²) in [5.74, 6) is -3.39. The van der Waals surface area contributed by atoms with Gasteiger partial charge in [-0.3, -0.25) is 4.90 Å². The summed E-state index contributed by atoms with van der Waals surface area (Å²) < 4.78 is 39.1. The van der Waals surface area contributed by atoms with E-state index in [1.54, 1.807) is 0 Å². The second-order valence-corrected chi connectivity index (χ2v) is 5.37. The molecule has 8 heteroatoms.